The van der Waals surface area contributed by atoms with E-state index >= 15 is 0 Å². The Morgan fingerprint density at radius 2 is 1.17 bits per heavy atom. The summed E-state index contributed by atoms with van der Waals surface area (Å²) in [4.78, 5) is 0. The molecule has 6 nitrogen and oxygen atoms in total. The fourth-order valence-electron chi connectivity index (χ4n) is 2.08. The standard InChI is InChI=1S/C10H9ClN2O.C6H7ClN2O/c11-5-1-4-8(14)10-7(13)3-2-6(12)9(5)10;7-3-1-5(9)6(10)2-4(3)8/h1-4,14H,12-13H2;1-2,10H,8-9H2. The number of rotatable bonds is 0. The zero-order valence-electron chi connectivity index (χ0n) is 12.4. The van der Waals surface area contributed by atoms with Crippen LogP contribution in [0.3, 0.4) is 0 Å². The lowest BCUT2D eigenvalue weighted by Gasteiger charge is -2.08. The van der Waals surface area contributed by atoms with E-state index in [2.05, 4.69) is 0 Å². The number of halogens is 2. The van der Waals surface area contributed by atoms with Crippen LogP contribution in [0.5, 0.6) is 11.5 Å². The van der Waals surface area contributed by atoms with Gasteiger partial charge in [0.25, 0.3) is 0 Å². The van der Waals surface area contributed by atoms with Gasteiger partial charge < -0.3 is 33.1 Å². The molecule has 0 spiro atoms. The first-order valence-electron chi connectivity index (χ1n) is 6.71. The van der Waals surface area contributed by atoms with Crippen molar-refractivity contribution in [2.24, 2.45) is 0 Å². The van der Waals surface area contributed by atoms with Crippen LogP contribution < -0.4 is 22.9 Å². The zero-order chi connectivity index (χ0) is 18.0. The topological polar surface area (TPSA) is 145 Å². The first-order valence-corrected chi connectivity index (χ1v) is 7.46. The molecule has 10 N–H and O–H groups in total. The molecular weight excluding hydrogens is 351 g/mol. The third-order valence-corrected chi connectivity index (χ3v) is 3.94. The van der Waals surface area contributed by atoms with Gasteiger partial charge in [0.05, 0.1) is 26.8 Å². The lowest BCUT2D eigenvalue weighted by molar-refractivity contribution is 0.478. The van der Waals surface area contributed by atoms with E-state index in [9.17, 15) is 5.11 Å². The number of fused-ring (bicyclic) bond motifs is 1. The van der Waals surface area contributed by atoms with Crippen molar-refractivity contribution in [3.05, 3.63) is 46.4 Å². The Kier molecular flexibility index (Phi) is 5.02. The van der Waals surface area contributed by atoms with E-state index in [1.165, 1.54) is 18.2 Å². The third kappa shape index (κ3) is 3.45. The highest BCUT2D eigenvalue weighted by Crippen LogP contribution is 2.38. The molecule has 3 aromatic rings. The van der Waals surface area contributed by atoms with Crippen molar-refractivity contribution in [3.8, 4) is 11.5 Å². The Balaban J connectivity index is 0.000000185. The summed E-state index contributed by atoms with van der Waals surface area (Å²) in [5.41, 5.74) is 23.6. The van der Waals surface area contributed by atoms with Gasteiger partial charge in [-0.1, -0.05) is 23.2 Å². The summed E-state index contributed by atoms with van der Waals surface area (Å²) in [6.07, 6.45) is 0. The van der Waals surface area contributed by atoms with E-state index in [1.807, 2.05) is 0 Å². The molecule has 0 saturated heterocycles. The summed E-state index contributed by atoms with van der Waals surface area (Å²) in [7, 11) is 0. The Hall–Kier alpha value is -2.70. The van der Waals surface area contributed by atoms with E-state index in [4.69, 9.17) is 51.2 Å². The van der Waals surface area contributed by atoms with Crippen LogP contribution in [0.25, 0.3) is 10.8 Å². The number of nitrogen functional groups attached to an aromatic ring is 4. The molecule has 3 rings (SSSR count). The van der Waals surface area contributed by atoms with Crippen LogP contribution in [0.4, 0.5) is 22.7 Å². The van der Waals surface area contributed by atoms with Gasteiger partial charge >= 0.3 is 0 Å². The van der Waals surface area contributed by atoms with Crippen LogP contribution in [-0.2, 0) is 0 Å². The summed E-state index contributed by atoms with van der Waals surface area (Å²) in [6, 6.07) is 9.14. The number of phenols is 2. The first kappa shape index (κ1) is 17.7. The molecule has 0 aliphatic heterocycles. The molecule has 0 amide bonds. The summed E-state index contributed by atoms with van der Waals surface area (Å²) in [6.45, 7) is 0. The number of benzene rings is 3. The monoisotopic (exact) mass is 366 g/mol. The van der Waals surface area contributed by atoms with E-state index in [1.54, 1.807) is 18.2 Å². The van der Waals surface area contributed by atoms with E-state index in [-0.39, 0.29) is 17.2 Å². The molecule has 0 fully saturated rings. The van der Waals surface area contributed by atoms with Crippen LogP contribution in [-0.4, -0.2) is 10.2 Å². The minimum Gasteiger partial charge on any atom is -0.507 e. The average molecular weight is 367 g/mol. The quantitative estimate of drug-likeness (QED) is 0.265. The fourth-order valence-corrected chi connectivity index (χ4v) is 2.52. The van der Waals surface area contributed by atoms with E-state index in [0.717, 1.165) is 0 Å². The maximum absolute atomic E-state index is 9.61. The Morgan fingerprint density at radius 3 is 1.71 bits per heavy atom. The average Bonchev–Trinajstić information content (AvgIpc) is 2.52. The van der Waals surface area contributed by atoms with Crippen molar-refractivity contribution in [2.75, 3.05) is 22.9 Å². The Bertz CT molecular complexity index is 777. The molecule has 0 heterocycles. The zero-order valence-corrected chi connectivity index (χ0v) is 13.9. The molecule has 24 heavy (non-hydrogen) atoms. The van der Waals surface area contributed by atoms with Crippen molar-refractivity contribution < 1.29 is 10.2 Å². The van der Waals surface area contributed by atoms with Crippen LogP contribution in [0, 0.1) is 0 Å². The van der Waals surface area contributed by atoms with Gasteiger partial charge in [-0.25, -0.2) is 0 Å². The minimum absolute atomic E-state index is 0.0399. The minimum atomic E-state index is -0.0399. The Morgan fingerprint density at radius 1 is 0.583 bits per heavy atom. The molecule has 126 valence electrons. The number of hydrogen-bond acceptors (Lipinski definition) is 6. The maximum atomic E-state index is 9.61. The second-order valence-electron chi connectivity index (χ2n) is 4.99. The van der Waals surface area contributed by atoms with Crippen molar-refractivity contribution in [1.29, 1.82) is 0 Å². The molecule has 0 unspecified atom stereocenters. The van der Waals surface area contributed by atoms with Gasteiger partial charge in [-0.05, 0) is 30.3 Å². The van der Waals surface area contributed by atoms with Gasteiger partial charge in [0.15, 0.2) is 0 Å². The van der Waals surface area contributed by atoms with Gasteiger partial charge in [-0.3, -0.25) is 0 Å². The molecule has 3 aromatic carbocycles. The third-order valence-electron chi connectivity index (χ3n) is 3.30. The number of nitrogens with two attached hydrogens (primary N) is 4. The van der Waals surface area contributed by atoms with Crippen molar-refractivity contribution in [3.63, 3.8) is 0 Å². The second-order valence-corrected chi connectivity index (χ2v) is 5.81. The first-order chi connectivity index (χ1) is 11.2. The van der Waals surface area contributed by atoms with Gasteiger partial charge in [-0.2, -0.15) is 0 Å². The molecule has 0 aliphatic carbocycles. The van der Waals surface area contributed by atoms with Crippen LogP contribution in [0.15, 0.2) is 36.4 Å². The Labute approximate surface area is 148 Å². The highest BCUT2D eigenvalue weighted by atomic mass is 35.5. The highest BCUT2D eigenvalue weighted by Gasteiger charge is 2.09. The summed E-state index contributed by atoms with van der Waals surface area (Å²) in [5.74, 6) is 0.0519. The number of hydrogen-bond donors (Lipinski definition) is 6. The van der Waals surface area contributed by atoms with E-state index < -0.39 is 0 Å². The molecule has 0 aliphatic rings. The molecule has 0 bridgehead atoms. The lowest BCUT2D eigenvalue weighted by Crippen LogP contribution is -1.92. The van der Waals surface area contributed by atoms with Crippen LogP contribution in [0.2, 0.25) is 10.0 Å². The summed E-state index contributed by atoms with van der Waals surface area (Å²) in [5, 5.41) is 20.5. The van der Waals surface area contributed by atoms with Gasteiger partial charge in [-0.15, -0.1) is 0 Å². The van der Waals surface area contributed by atoms with Gasteiger partial charge in [0, 0.05) is 22.8 Å². The predicted octanol–water partition coefficient (Wildman–Crippen LogP) is 3.57. The number of aromatic hydroxyl groups is 2. The van der Waals surface area contributed by atoms with E-state index in [0.29, 0.717) is 37.9 Å². The van der Waals surface area contributed by atoms with Gasteiger partial charge in [0.2, 0.25) is 0 Å². The SMILES string of the molecule is Nc1cc(Cl)c(N)cc1O.Nc1ccc(N)c2c(Cl)ccc(O)c12. The summed E-state index contributed by atoms with van der Waals surface area (Å²) >= 11 is 11.5. The van der Waals surface area contributed by atoms with Crippen molar-refractivity contribution >= 4 is 56.7 Å². The molecule has 0 saturated carbocycles. The highest BCUT2D eigenvalue weighted by molar-refractivity contribution is 6.37. The molecule has 0 aromatic heterocycles. The molecular formula is C16H16Cl2N4O2. The van der Waals surface area contributed by atoms with Gasteiger partial charge in [0.1, 0.15) is 11.5 Å². The maximum Gasteiger partial charge on any atom is 0.140 e. The van der Waals surface area contributed by atoms with Crippen LogP contribution in [0.1, 0.15) is 0 Å². The number of anilines is 4. The molecule has 0 atom stereocenters. The second kappa shape index (κ2) is 6.82. The van der Waals surface area contributed by atoms with Crippen molar-refractivity contribution in [1.82, 2.24) is 0 Å². The lowest BCUT2D eigenvalue weighted by atomic mass is 10.1. The van der Waals surface area contributed by atoms with Crippen LogP contribution >= 0.6 is 23.2 Å². The molecule has 8 heteroatoms. The largest absolute Gasteiger partial charge is 0.507 e. The van der Waals surface area contributed by atoms with Crippen molar-refractivity contribution in [2.45, 2.75) is 0 Å². The fraction of sp³-hybridized carbons (Fsp3) is 0. The summed E-state index contributed by atoms with van der Waals surface area (Å²) < 4.78 is 0. The number of phenolic OH excluding ortho intramolecular Hbond substituents is 2. The smallest absolute Gasteiger partial charge is 0.140 e. The normalized spacial score (nSPS) is 10.2. The predicted molar refractivity (Wildman–Crippen MR) is 101 cm³/mol. The molecule has 0 radical (unpaired) electrons.